The first-order valence-electron chi connectivity index (χ1n) is 7.72. The molecular weight excluding hydrogens is 262 g/mol. The van der Waals surface area contributed by atoms with Gasteiger partial charge in [0.1, 0.15) is 0 Å². The van der Waals surface area contributed by atoms with E-state index in [-0.39, 0.29) is 6.03 Å². The normalized spacial score (nSPS) is 19.4. The summed E-state index contributed by atoms with van der Waals surface area (Å²) < 4.78 is 0. The van der Waals surface area contributed by atoms with Crippen LogP contribution in [0.15, 0.2) is 36.4 Å². The van der Waals surface area contributed by atoms with Crippen LogP contribution < -0.4 is 5.32 Å². The fraction of sp³-hybridized carbons (Fsp3) is 0.471. The lowest BCUT2D eigenvalue weighted by Crippen LogP contribution is -2.47. The summed E-state index contributed by atoms with van der Waals surface area (Å²) in [6, 6.07) is 9.06. The lowest BCUT2D eigenvalue weighted by molar-refractivity contribution is 0.177. The number of carbonyl (C=O) groups is 1. The van der Waals surface area contributed by atoms with Gasteiger partial charge in [-0.05, 0) is 24.5 Å². The molecule has 1 unspecified atom stereocenters. The number of amides is 2. The Labute approximate surface area is 126 Å². The van der Waals surface area contributed by atoms with Gasteiger partial charge in [0.15, 0.2) is 0 Å². The molecule has 2 aliphatic rings. The maximum absolute atomic E-state index is 12.0. The number of fused-ring (bicyclic) bond motifs is 1. The van der Waals surface area contributed by atoms with Crippen LogP contribution in [0.4, 0.5) is 4.79 Å². The van der Waals surface area contributed by atoms with E-state index in [4.69, 9.17) is 0 Å². The Morgan fingerprint density at radius 1 is 1.24 bits per heavy atom. The quantitative estimate of drug-likeness (QED) is 0.862. The van der Waals surface area contributed by atoms with Crippen molar-refractivity contribution in [2.24, 2.45) is 0 Å². The number of hydrogen-bond acceptors (Lipinski definition) is 2. The van der Waals surface area contributed by atoms with Crippen LogP contribution in [-0.2, 0) is 13.0 Å². The van der Waals surface area contributed by atoms with Crippen LogP contribution in [-0.4, -0.2) is 48.1 Å². The third-order valence-electron chi connectivity index (χ3n) is 4.44. The molecule has 0 bridgehead atoms. The molecular formula is C17H23N3O. The number of hydrogen-bond donors (Lipinski definition) is 1. The number of urea groups is 1. The third-order valence-corrected chi connectivity index (χ3v) is 4.44. The number of nitrogens with one attached hydrogen (secondary N) is 1. The highest BCUT2D eigenvalue weighted by atomic mass is 16.2. The maximum atomic E-state index is 12.0. The molecule has 1 atom stereocenters. The molecule has 1 N–H and O–H groups in total. The number of rotatable bonds is 3. The maximum Gasteiger partial charge on any atom is 0.318 e. The summed E-state index contributed by atoms with van der Waals surface area (Å²) in [5.74, 6) is 0. The Bertz CT molecular complexity index is 533. The van der Waals surface area contributed by atoms with E-state index in [1.165, 1.54) is 11.1 Å². The van der Waals surface area contributed by atoms with Crippen molar-refractivity contribution in [2.75, 3.05) is 26.2 Å². The van der Waals surface area contributed by atoms with Crippen molar-refractivity contribution < 1.29 is 4.79 Å². The summed E-state index contributed by atoms with van der Waals surface area (Å²) in [5.41, 5.74) is 2.89. The molecule has 112 valence electrons. The molecule has 1 aromatic carbocycles. The second-order valence-electron chi connectivity index (χ2n) is 5.90. The second kappa shape index (κ2) is 6.31. The van der Waals surface area contributed by atoms with Crippen molar-refractivity contribution in [1.29, 1.82) is 0 Å². The Hall–Kier alpha value is -1.81. The topological polar surface area (TPSA) is 35.6 Å². The number of benzene rings is 1. The van der Waals surface area contributed by atoms with Crippen LogP contribution >= 0.6 is 0 Å². The molecule has 0 saturated carbocycles. The second-order valence-corrected chi connectivity index (χ2v) is 5.90. The average molecular weight is 285 g/mol. The van der Waals surface area contributed by atoms with Gasteiger partial charge < -0.3 is 10.2 Å². The van der Waals surface area contributed by atoms with Crippen LogP contribution in [0.2, 0.25) is 0 Å². The smallest absolute Gasteiger partial charge is 0.318 e. The minimum absolute atomic E-state index is 0.0456. The summed E-state index contributed by atoms with van der Waals surface area (Å²) in [6.45, 7) is 6.42. The molecule has 0 saturated heterocycles. The minimum atomic E-state index is 0.0456. The van der Waals surface area contributed by atoms with E-state index in [1.54, 1.807) is 0 Å². The zero-order valence-electron chi connectivity index (χ0n) is 12.6. The lowest BCUT2D eigenvalue weighted by atomic mass is 9.99. The summed E-state index contributed by atoms with van der Waals surface area (Å²) in [4.78, 5) is 16.3. The molecule has 0 aliphatic carbocycles. The monoisotopic (exact) mass is 285 g/mol. The molecule has 1 aromatic rings. The molecule has 4 nitrogen and oxygen atoms in total. The first kappa shape index (κ1) is 14.1. The van der Waals surface area contributed by atoms with Crippen LogP contribution in [0.25, 0.3) is 0 Å². The van der Waals surface area contributed by atoms with Gasteiger partial charge in [0.25, 0.3) is 0 Å². The van der Waals surface area contributed by atoms with E-state index >= 15 is 0 Å². The van der Waals surface area contributed by atoms with E-state index in [9.17, 15) is 4.79 Å². The van der Waals surface area contributed by atoms with Gasteiger partial charge in [0, 0.05) is 38.8 Å². The first-order chi connectivity index (χ1) is 10.2. The highest BCUT2D eigenvalue weighted by Gasteiger charge is 2.21. The van der Waals surface area contributed by atoms with E-state index in [1.807, 2.05) is 17.1 Å². The van der Waals surface area contributed by atoms with Crippen molar-refractivity contribution in [1.82, 2.24) is 15.1 Å². The Balaban J connectivity index is 1.50. The van der Waals surface area contributed by atoms with E-state index in [0.717, 1.165) is 32.6 Å². The Kier molecular flexibility index (Phi) is 4.25. The summed E-state index contributed by atoms with van der Waals surface area (Å²) in [7, 11) is 0. The van der Waals surface area contributed by atoms with Gasteiger partial charge in [-0.2, -0.15) is 0 Å². The molecule has 0 spiro atoms. The molecule has 2 aliphatic heterocycles. The van der Waals surface area contributed by atoms with Crippen molar-refractivity contribution in [3.8, 4) is 0 Å². The van der Waals surface area contributed by atoms with Crippen LogP contribution in [0.1, 0.15) is 18.1 Å². The first-order valence-corrected chi connectivity index (χ1v) is 7.72. The number of carbonyl (C=O) groups excluding carboxylic acids is 1. The summed E-state index contributed by atoms with van der Waals surface area (Å²) in [5, 5.41) is 3.05. The predicted octanol–water partition coefficient (Wildman–Crippen LogP) is 2.01. The molecule has 0 fully saturated rings. The molecule has 3 rings (SSSR count). The van der Waals surface area contributed by atoms with Gasteiger partial charge in [0.2, 0.25) is 0 Å². The SMILES string of the molecule is CC(CNC(=O)N1CC=CC1)N1CCc2ccccc2C1. The number of nitrogens with zero attached hydrogens (tertiary/aromatic N) is 2. The van der Waals surface area contributed by atoms with Gasteiger partial charge in [-0.3, -0.25) is 4.90 Å². The molecule has 21 heavy (non-hydrogen) atoms. The predicted molar refractivity (Wildman–Crippen MR) is 84.1 cm³/mol. The van der Waals surface area contributed by atoms with E-state index in [0.29, 0.717) is 12.6 Å². The van der Waals surface area contributed by atoms with Gasteiger partial charge in [-0.15, -0.1) is 0 Å². The largest absolute Gasteiger partial charge is 0.336 e. The highest BCUT2D eigenvalue weighted by Crippen LogP contribution is 2.19. The zero-order valence-corrected chi connectivity index (χ0v) is 12.6. The Morgan fingerprint density at radius 3 is 2.71 bits per heavy atom. The zero-order chi connectivity index (χ0) is 14.7. The molecule has 0 aromatic heterocycles. The van der Waals surface area contributed by atoms with Crippen molar-refractivity contribution >= 4 is 6.03 Å². The molecule has 0 radical (unpaired) electrons. The van der Waals surface area contributed by atoms with Crippen molar-refractivity contribution in [3.63, 3.8) is 0 Å². The van der Waals surface area contributed by atoms with Crippen LogP contribution in [0, 0.1) is 0 Å². The fourth-order valence-corrected chi connectivity index (χ4v) is 3.01. The molecule has 4 heteroatoms. The fourth-order valence-electron chi connectivity index (χ4n) is 3.01. The van der Waals surface area contributed by atoms with E-state index < -0.39 is 0 Å². The standard InChI is InChI=1S/C17H23N3O/c1-14(12-18-17(21)19-9-4-5-10-19)20-11-8-15-6-2-3-7-16(15)13-20/h2-7,14H,8-13H2,1H3,(H,18,21). The highest BCUT2D eigenvalue weighted by molar-refractivity contribution is 5.75. The minimum Gasteiger partial charge on any atom is -0.336 e. The molecule has 2 amide bonds. The van der Waals surface area contributed by atoms with Crippen molar-refractivity contribution in [2.45, 2.75) is 25.9 Å². The van der Waals surface area contributed by atoms with Crippen LogP contribution in [0.5, 0.6) is 0 Å². The van der Waals surface area contributed by atoms with Gasteiger partial charge in [-0.25, -0.2) is 4.79 Å². The van der Waals surface area contributed by atoms with Gasteiger partial charge >= 0.3 is 6.03 Å². The summed E-state index contributed by atoms with van der Waals surface area (Å²) in [6.07, 6.45) is 5.17. The van der Waals surface area contributed by atoms with Gasteiger partial charge in [0.05, 0.1) is 0 Å². The van der Waals surface area contributed by atoms with Crippen molar-refractivity contribution in [3.05, 3.63) is 47.5 Å². The molecule has 2 heterocycles. The summed E-state index contributed by atoms with van der Waals surface area (Å²) >= 11 is 0. The third kappa shape index (κ3) is 3.27. The van der Waals surface area contributed by atoms with E-state index in [2.05, 4.69) is 41.4 Å². The van der Waals surface area contributed by atoms with Crippen LogP contribution in [0.3, 0.4) is 0 Å². The average Bonchev–Trinajstić information content (AvgIpc) is 3.06. The lowest BCUT2D eigenvalue weighted by Gasteiger charge is -2.34. The Morgan fingerprint density at radius 2 is 1.95 bits per heavy atom. The van der Waals surface area contributed by atoms with Gasteiger partial charge in [-0.1, -0.05) is 36.4 Å².